The summed E-state index contributed by atoms with van der Waals surface area (Å²) in [5, 5.41) is 2.59. The summed E-state index contributed by atoms with van der Waals surface area (Å²) in [5.74, 6) is -0.372. The van der Waals surface area contributed by atoms with Gasteiger partial charge in [0.05, 0.1) is 12.6 Å². The number of carbonyl (C=O) groups excluding carboxylic acids is 2. The lowest BCUT2D eigenvalue weighted by molar-refractivity contribution is -0.117. The Bertz CT molecular complexity index is 783. The smallest absolute Gasteiger partial charge is 0.256 e. The number of Topliss-reactive ketones (excluding diaryl/α,β-unsaturated/α-hetero) is 1. The molecule has 2 aromatic rings. The van der Waals surface area contributed by atoms with Gasteiger partial charge < -0.3 is 10.2 Å². The molecule has 5 heteroatoms. The van der Waals surface area contributed by atoms with Crippen LogP contribution in [0.1, 0.15) is 17.2 Å². The molecule has 4 rings (SSSR count). The van der Waals surface area contributed by atoms with Crippen LogP contribution in [0, 0.1) is 0 Å². The van der Waals surface area contributed by atoms with Gasteiger partial charge in [-0.05, 0) is 11.1 Å². The van der Waals surface area contributed by atoms with Crippen LogP contribution in [-0.4, -0.2) is 54.2 Å². The molecule has 1 amide bonds. The van der Waals surface area contributed by atoms with E-state index in [-0.39, 0.29) is 29.9 Å². The van der Waals surface area contributed by atoms with Crippen molar-refractivity contribution < 1.29 is 9.59 Å². The molecule has 0 spiro atoms. The molecule has 0 unspecified atom stereocenters. The highest BCUT2D eigenvalue weighted by Gasteiger charge is 2.29. The second-order valence-corrected chi connectivity index (χ2v) is 6.94. The van der Waals surface area contributed by atoms with E-state index in [0.717, 1.165) is 26.2 Å². The summed E-state index contributed by atoms with van der Waals surface area (Å²) in [7, 11) is 0. The van der Waals surface area contributed by atoms with E-state index in [2.05, 4.69) is 63.6 Å². The average Bonchev–Trinajstić information content (AvgIpc) is 3.03. The summed E-state index contributed by atoms with van der Waals surface area (Å²) >= 11 is 0. The van der Waals surface area contributed by atoms with Crippen molar-refractivity contribution in [2.45, 2.75) is 6.04 Å². The number of benzene rings is 2. The van der Waals surface area contributed by atoms with E-state index in [0.29, 0.717) is 0 Å². The topological polar surface area (TPSA) is 52.7 Å². The molecule has 2 saturated heterocycles. The number of hydrogen-bond donors (Lipinski definition) is 1. The molecule has 1 N–H and O–H groups in total. The molecule has 2 aromatic carbocycles. The molecule has 0 atom stereocenters. The molecule has 0 bridgehead atoms. The number of nitrogens with zero attached hydrogens (tertiary/aromatic N) is 2. The zero-order chi connectivity index (χ0) is 18.6. The van der Waals surface area contributed by atoms with E-state index in [1.54, 1.807) is 6.20 Å². The van der Waals surface area contributed by atoms with Crippen LogP contribution in [0.2, 0.25) is 0 Å². The number of amides is 1. The summed E-state index contributed by atoms with van der Waals surface area (Å²) in [6.07, 6.45) is 1.74. The van der Waals surface area contributed by atoms with Crippen molar-refractivity contribution in [1.29, 1.82) is 0 Å². The first-order valence-corrected chi connectivity index (χ1v) is 9.33. The lowest BCUT2D eigenvalue weighted by atomic mass is 9.96. The fourth-order valence-electron chi connectivity index (χ4n) is 3.80. The molecule has 2 heterocycles. The summed E-state index contributed by atoms with van der Waals surface area (Å²) in [6.45, 7) is 3.44. The molecule has 2 aliphatic heterocycles. The predicted molar refractivity (Wildman–Crippen MR) is 104 cm³/mol. The minimum atomic E-state index is -0.256. The van der Waals surface area contributed by atoms with Gasteiger partial charge in [0.1, 0.15) is 5.57 Å². The van der Waals surface area contributed by atoms with Crippen LogP contribution in [0.15, 0.2) is 72.4 Å². The predicted octanol–water partition coefficient (Wildman–Crippen LogP) is 1.98. The number of ketones is 1. The highest BCUT2D eigenvalue weighted by Crippen LogP contribution is 2.29. The van der Waals surface area contributed by atoms with Crippen LogP contribution in [0.4, 0.5) is 0 Å². The van der Waals surface area contributed by atoms with Gasteiger partial charge in [-0.25, -0.2) is 0 Å². The Labute approximate surface area is 159 Å². The van der Waals surface area contributed by atoms with E-state index < -0.39 is 0 Å². The number of carbonyl (C=O) groups is 2. The number of hydrogen-bond acceptors (Lipinski definition) is 4. The van der Waals surface area contributed by atoms with Crippen molar-refractivity contribution in [3.63, 3.8) is 0 Å². The lowest BCUT2D eigenvalue weighted by Crippen LogP contribution is -2.46. The average molecular weight is 361 g/mol. The summed E-state index contributed by atoms with van der Waals surface area (Å²) < 4.78 is 0. The minimum Gasteiger partial charge on any atom is -0.374 e. The van der Waals surface area contributed by atoms with Crippen molar-refractivity contribution in [2.24, 2.45) is 0 Å². The third kappa shape index (κ3) is 3.78. The largest absolute Gasteiger partial charge is 0.374 e. The first-order chi connectivity index (χ1) is 13.2. The maximum Gasteiger partial charge on any atom is 0.256 e. The highest BCUT2D eigenvalue weighted by atomic mass is 16.2. The zero-order valence-electron chi connectivity index (χ0n) is 15.2. The van der Waals surface area contributed by atoms with Gasteiger partial charge in [-0.15, -0.1) is 0 Å². The van der Waals surface area contributed by atoms with E-state index in [9.17, 15) is 9.59 Å². The van der Waals surface area contributed by atoms with Crippen LogP contribution in [0.25, 0.3) is 0 Å². The molecule has 0 aromatic heterocycles. The summed E-state index contributed by atoms with van der Waals surface area (Å²) in [6, 6.07) is 21.3. The van der Waals surface area contributed by atoms with Crippen molar-refractivity contribution in [3.8, 4) is 0 Å². The monoisotopic (exact) mass is 361 g/mol. The van der Waals surface area contributed by atoms with Gasteiger partial charge in [0.15, 0.2) is 5.78 Å². The second kappa shape index (κ2) is 7.76. The molecule has 5 nitrogen and oxygen atoms in total. The molecule has 0 radical (unpaired) electrons. The van der Waals surface area contributed by atoms with Crippen LogP contribution in [-0.2, 0) is 9.59 Å². The molecular weight excluding hydrogens is 338 g/mol. The van der Waals surface area contributed by atoms with Gasteiger partial charge in [-0.2, -0.15) is 0 Å². The molecule has 0 saturated carbocycles. The molecule has 0 aliphatic carbocycles. The van der Waals surface area contributed by atoms with Gasteiger partial charge in [-0.3, -0.25) is 14.5 Å². The summed E-state index contributed by atoms with van der Waals surface area (Å²) in [5.41, 5.74) is 2.84. The third-order valence-electron chi connectivity index (χ3n) is 5.21. The molecule has 138 valence electrons. The molecule has 2 fully saturated rings. The Morgan fingerprint density at radius 3 is 1.85 bits per heavy atom. The van der Waals surface area contributed by atoms with Gasteiger partial charge in [0.25, 0.3) is 5.91 Å². The van der Waals surface area contributed by atoms with Crippen molar-refractivity contribution in [2.75, 3.05) is 32.7 Å². The Morgan fingerprint density at radius 2 is 1.37 bits per heavy atom. The van der Waals surface area contributed by atoms with Crippen molar-refractivity contribution in [3.05, 3.63) is 83.6 Å². The van der Waals surface area contributed by atoms with Gasteiger partial charge in [0, 0.05) is 32.4 Å². The quantitative estimate of drug-likeness (QED) is 0.668. The Balaban J connectivity index is 1.52. The van der Waals surface area contributed by atoms with E-state index in [1.165, 1.54) is 11.1 Å². The van der Waals surface area contributed by atoms with Gasteiger partial charge in [-0.1, -0.05) is 60.7 Å². The van der Waals surface area contributed by atoms with Gasteiger partial charge in [0.2, 0.25) is 0 Å². The second-order valence-electron chi connectivity index (χ2n) is 6.94. The lowest BCUT2D eigenvalue weighted by Gasteiger charge is -2.39. The standard InChI is InChI=1S/C22H23N3O2/c26-20-15-23-22(27)19(20)16-24-11-13-25(14-12-24)21(17-7-3-1-4-8-17)18-9-5-2-6-10-18/h1-10,16,21H,11-15H2,(H,23,27)/b19-16-. The Morgan fingerprint density at radius 1 is 0.815 bits per heavy atom. The maximum absolute atomic E-state index is 11.8. The summed E-state index contributed by atoms with van der Waals surface area (Å²) in [4.78, 5) is 28.1. The van der Waals surface area contributed by atoms with E-state index in [4.69, 9.17) is 0 Å². The van der Waals surface area contributed by atoms with Crippen molar-refractivity contribution >= 4 is 11.7 Å². The highest BCUT2D eigenvalue weighted by molar-refractivity contribution is 6.24. The number of piperazine rings is 1. The minimum absolute atomic E-state index is 0.117. The molecule has 27 heavy (non-hydrogen) atoms. The first kappa shape index (κ1) is 17.5. The SMILES string of the molecule is O=C1CNC(=O)/C1=C\N1CCN(C(c2ccccc2)c2ccccc2)CC1. The normalized spacial score (nSPS) is 19.7. The van der Waals surface area contributed by atoms with E-state index in [1.807, 2.05) is 12.1 Å². The molecular formula is C22H23N3O2. The Hall–Kier alpha value is -2.92. The van der Waals surface area contributed by atoms with Crippen molar-refractivity contribution in [1.82, 2.24) is 15.1 Å². The van der Waals surface area contributed by atoms with Gasteiger partial charge >= 0.3 is 0 Å². The third-order valence-corrected chi connectivity index (χ3v) is 5.21. The fourth-order valence-corrected chi connectivity index (χ4v) is 3.80. The fraction of sp³-hybridized carbons (Fsp3) is 0.273. The van der Waals surface area contributed by atoms with Crippen LogP contribution in [0.3, 0.4) is 0 Å². The maximum atomic E-state index is 11.8. The van der Waals surface area contributed by atoms with Crippen LogP contribution >= 0.6 is 0 Å². The number of rotatable bonds is 4. The van der Waals surface area contributed by atoms with E-state index >= 15 is 0 Å². The Kier molecular flexibility index (Phi) is 5.03. The molecule has 2 aliphatic rings. The first-order valence-electron chi connectivity index (χ1n) is 9.33. The zero-order valence-corrected chi connectivity index (χ0v) is 15.2. The van der Waals surface area contributed by atoms with Crippen LogP contribution in [0.5, 0.6) is 0 Å². The number of nitrogens with one attached hydrogen (secondary N) is 1. The van der Waals surface area contributed by atoms with Crippen LogP contribution < -0.4 is 5.32 Å².